The molecule has 0 fully saturated rings. The molecule has 0 saturated heterocycles. The second kappa shape index (κ2) is 5.59. The Kier molecular flexibility index (Phi) is 4.02. The van der Waals surface area contributed by atoms with Crippen molar-refractivity contribution in [3.63, 3.8) is 0 Å². The van der Waals surface area contributed by atoms with Crippen molar-refractivity contribution in [1.29, 1.82) is 0 Å². The molecule has 4 nitrogen and oxygen atoms in total. The molecule has 0 spiro atoms. The van der Waals surface area contributed by atoms with Gasteiger partial charge in [0, 0.05) is 19.0 Å². The van der Waals surface area contributed by atoms with Crippen LogP contribution >= 0.6 is 0 Å². The summed E-state index contributed by atoms with van der Waals surface area (Å²) < 4.78 is 36.6. The summed E-state index contributed by atoms with van der Waals surface area (Å²) in [6, 6.07) is 7.72. The van der Waals surface area contributed by atoms with Crippen LogP contribution in [-0.2, 0) is 0 Å². The first-order valence-electron chi connectivity index (χ1n) is 6.19. The summed E-state index contributed by atoms with van der Waals surface area (Å²) in [5.41, 5.74) is 0.552. The number of benzene rings is 1. The number of alkyl halides is 3. The van der Waals surface area contributed by atoms with Crippen molar-refractivity contribution in [1.82, 2.24) is 4.98 Å². The Morgan fingerprint density at radius 3 is 2.62 bits per heavy atom. The van der Waals surface area contributed by atoms with E-state index in [1.807, 2.05) is 0 Å². The van der Waals surface area contributed by atoms with E-state index in [1.54, 1.807) is 18.2 Å². The van der Waals surface area contributed by atoms with Crippen molar-refractivity contribution in [2.75, 3.05) is 18.5 Å². The largest absolute Gasteiger partial charge is 0.478 e. The standard InChI is InChI=1S/C14H13F3N2O2/c1-19(8-7-14(15,16)17)12-6-5-9-10(13(20)21)3-2-4-11(9)18-12/h2-6H,7-8H2,1H3,(H,20,21). The van der Waals surface area contributed by atoms with E-state index in [0.29, 0.717) is 16.7 Å². The predicted molar refractivity (Wildman–Crippen MR) is 72.6 cm³/mol. The molecular weight excluding hydrogens is 285 g/mol. The molecule has 1 N–H and O–H groups in total. The third-order valence-corrected chi connectivity index (χ3v) is 3.07. The highest BCUT2D eigenvalue weighted by Gasteiger charge is 2.27. The lowest BCUT2D eigenvalue weighted by molar-refractivity contribution is -0.132. The van der Waals surface area contributed by atoms with Crippen LogP contribution < -0.4 is 4.90 Å². The molecular formula is C14H13F3N2O2. The van der Waals surface area contributed by atoms with Gasteiger partial charge in [-0.3, -0.25) is 0 Å². The van der Waals surface area contributed by atoms with Crippen molar-refractivity contribution >= 4 is 22.7 Å². The molecule has 1 aromatic heterocycles. The lowest BCUT2D eigenvalue weighted by Crippen LogP contribution is -2.24. The van der Waals surface area contributed by atoms with Gasteiger partial charge in [-0.2, -0.15) is 13.2 Å². The van der Waals surface area contributed by atoms with E-state index in [4.69, 9.17) is 5.11 Å². The zero-order chi connectivity index (χ0) is 15.6. The third kappa shape index (κ3) is 3.62. The van der Waals surface area contributed by atoms with Crippen molar-refractivity contribution in [3.05, 3.63) is 35.9 Å². The van der Waals surface area contributed by atoms with Gasteiger partial charge in [-0.25, -0.2) is 9.78 Å². The summed E-state index contributed by atoms with van der Waals surface area (Å²) in [6.45, 7) is -0.208. The first-order valence-corrected chi connectivity index (χ1v) is 6.19. The summed E-state index contributed by atoms with van der Waals surface area (Å²) in [7, 11) is 1.51. The Hall–Kier alpha value is -2.31. The lowest BCUT2D eigenvalue weighted by Gasteiger charge is -2.19. The predicted octanol–water partition coefficient (Wildman–Crippen LogP) is 3.32. The summed E-state index contributed by atoms with van der Waals surface area (Å²) in [5.74, 6) is -0.699. The van der Waals surface area contributed by atoms with Crippen molar-refractivity contribution < 1.29 is 23.1 Å². The quantitative estimate of drug-likeness (QED) is 0.940. The molecule has 0 aliphatic carbocycles. The zero-order valence-corrected chi connectivity index (χ0v) is 11.2. The summed E-state index contributed by atoms with van der Waals surface area (Å²) in [4.78, 5) is 16.7. The highest BCUT2D eigenvalue weighted by atomic mass is 19.4. The molecule has 2 aromatic rings. The van der Waals surface area contributed by atoms with Crippen molar-refractivity contribution in [3.8, 4) is 0 Å². The van der Waals surface area contributed by atoms with Crippen LogP contribution in [0.3, 0.4) is 0 Å². The summed E-state index contributed by atoms with van der Waals surface area (Å²) in [5, 5.41) is 9.53. The molecule has 0 unspecified atom stereocenters. The van der Waals surface area contributed by atoms with Gasteiger partial charge in [-0.05, 0) is 24.3 Å². The van der Waals surface area contributed by atoms with Gasteiger partial charge < -0.3 is 10.0 Å². The van der Waals surface area contributed by atoms with E-state index in [-0.39, 0.29) is 12.1 Å². The van der Waals surface area contributed by atoms with Crippen LogP contribution in [0.25, 0.3) is 10.9 Å². The monoisotopic (exact) mass is 298 g/mol. The number of fused-ring (bicyclic) bond motifs is 1. The van der Waals surface area contributed by atoms with E-state index < -0.39 is 18.6 Å². The number of carbonyl (C=O) groups is 1. The first kappa shape index (κ1) is 15.1. The van der Waals surface area contributed by atoms with Crippen LogP contribution in [0, 0.1) is 0 Å². The molecule has 1 heterocycles. The molecule has 0 amide bonds. The molecule has 112 valence electrons. The third-order valence-electron chi connectivity index (χ3n) is 3.07. The first-order chi connectivity index (χ1) is 9.78. The van der Waals surface area contributed by atoms with Gasteiger partial charge in [0.25, 0.3) is 0 Å². The van der Waals surface area contributed by atoms with Crippen molar-refractivity contribution in [2.45, 2.75) is 12.6 Å². The Morgan fingerprint density at radius 1 is 1.29 bits per heavy atom. The molecule has 7 heteroatoms. The van der Waals surface area contributed by atoms with Gasteiger partial charge in [0.2, 0.25) is 0 Å². The van der Waals surface area contributed by atoms with Crippen LogP contribution in [0.1, 0.15) is 16.8 Å². The minimum absolute atomic E-state index is 0.115. The molecule has 0 radical (unpaired) electrons. The van der Waals surface area contributed by atoms with Gasteiger partial charge in [0.15, 0.2) is 0 Å². The molecule has 0 atom stereocenters. The maximum Gasteiger partial charge on any atom is 0.390 e. The second-order valence-electron chi connectivity index (χ2n) is 4.63. The average molecular weight is 298 g/mol. The van der Waals surface area contributed by atoms with Crippen LogP contribution in [0.4, 0.5) is 19.0 Å². The zero-order valence-electron chi connectivity index (χ0n) is 11.2. The molecule has 0 bridgehead atoms. The summed E-state index contributed by atoms with van der Waals surface area (Å²) in [6.07, 6.45) is -5.15. The Balaban J connectivity index is 2.29. The second-order valence-corrected chi connectivity index (χ2v) is 4.63. The highest BCUT2D eigenvalue weighted by molar-refractivity contribution is 6.02. The molecule has 1 aromatic carbocycles. The van der Waals surface area contributed by atoms with E-state index in [2.05, 4.69) is 4.98 Å². The van der Waals surface area contributed by atoms with E-state index in [0.717, 1.165) is 0 Å². The smallest absolute Gasteiger partial charge is 0.390 e. The number of halogens is 3. The van der Waals surface area contributed by atoms with Gasteiger partial charge >= 0.3 is 12.1 Å². The van der Waals surface area contributed by atoms with Gasteiger partial charge in [0.1, 0.15) is 5.82 Å². The number of nitrogens with zero attached hydrogens (tertiary/aromatic N) is 2. The van der Waals surface area contributed by atoms with Crippen LogP contribution in [0.2, 0.25) is 0 Å². The van der Waals surface area contributed by atoms with E-state index in [1.165, 1.54) is 24.1 Å². The fraction of sp³-hybridized carbons (Fsp3) is 0.286. The number of rotatable bonds is 4. The fourth-order valence-electron chi connectivity index (χ4n) is 1.95. The number of hydrogen-bond acceptors (Lipinski definition) is 3. The number of carboxylic acids is 1. The highest BCUT2D eigenvalue weighted by Crippen LogP contribution is 2.23. The average Bonchev–Trinajstić information content (AvgIpc) is 2.42. The molecule has 0 saturated carbocycles. The SMILES string of the molecule is CN(CCC(F)(F)F)c1ccc2c(C(=O)O)cccc2n1. The molecule has 2 rings (SSSR count). The minimum atomic E-state index is -4.22. The minimum Gasteiger partial charge on any atom is -0.478 e. The van der Waals surface area contributed by atoms with Crippen molar-refractivity contribution in [2.24, 2.45) is 0 Å². The molecule has 0 aliphatic heterocycles. The Morgan fingerprint density at radius 2 is 2.00 bits per heavy atom. The normalized spacial score (nSPS) is 11.6. The topological polar surface area (TPSA) is 53.4 Å². The number of aromatic carboxylic acids is 1. The number of aromatic nitrogens is 1. The number of pyridine rings is 1. The number of hydrogen-bond donors (Lipinski definition) is 1. The molecule has 0 aliphatic rings. The maximum absolute atomic E-state index is 12.2. The Bertz CT molecular complexity index is 671. The van der Waals surface area contributed by atoms with Crippen LogP contribution in [0.5, 0.6) is 0 Å². The van der Waals surface area contributed by atoms with E-state index in [9.17, 15) is 18.0 Å². The van der Waals surface area contributed by atoms with Gasteiger partial charge in [0.05, 0.1) is 17.5 Å². The molecule has 21 heavy (non-hydrogen) atoms. The Labute approximate surface area is 118 Å². The summed E-state index contributed by atoms with van der Waals surface area (Å²) >= 11 is 0. The van der Waals surface area contributed by atoms with Crippen LogP contribution in [-0.4, -0.2) is 35.8 Å². The number of carboxylic acid groups (broad SMARTS) is 1. The maximum atomic E-state index is 12.2. The van der Waals surface area contributed by atoms with Gasteiger partial charge in [-0.15, -0.1) is 0 Å². The number of anilines is 1. The van der Waals surface area contributed by atoms with Crippen LogP contribution in [0.15, 0.2) is 30.3 Å². The van der Waals surface area contributed by atoms with Gasteiger partial charge in [-0.1, -0.05) is 6.07 Å². The lowest BCUT2D eigenvalue weighted by atomic mass is 10.1. The van der Waals surface area contributed by atoms with E-state index >= 15 is 0 Å². The fourth-order valence-corrected chi connectivity index (χ4v) is 1.95.